The third-order valence-electron chi connectivity index (χ3n) is 3.72. The van der Waals surface area contributed by atoms with Crippen LogP contribution < -0.4 is 10.1 Å². The van der Waals surface area contributed by atoms with Gasteiger partial charge in [0.25, 0.3) is 5.91 Å². The minimum atomic E-state index is -4.62. The minimum Gasteiger partial charge on any atom is -0.482 e. The minimum absolute atomic E-state index is 0.408. The van der Waals surface area contributed by atoms with Gasteiger partial charge in [-0.25, -0.2) is 4.79 Å². The second-order valence-corrected chi connectivity index (χ2v) is 6.28. The fourth-order valence-electron chi connectivity index (χ4n) is 2.52. The first-order valence-corrected chi connectivity index (χ1v) is 8.44. The van der Waals surface area contributed by atoms with Crippen LogP contribution in [0.25, 0.3) is 0 Å². The topological polar surface area (TPSA) is 64.6 Å². The molecule has 0 radical (unpaired) electrons. The molecule has 5 nitrogen and oxygen atoms in total. The van der Waals surface area contributed by atoms with Gasteiger partial charge in [-0.05, 0) is 56.2 Å². The van der Waals surface area contributed by atoms with Crippen molar-refractivity contribution in [2.24, 2.45) is 0 Å². The van der Waals surface area contributed by atoms with Crippen LogP contribution in [0.5, 0.6) is 5.75 Å². The highest BCUT2D eigenvalue weighted by Gasteiger charge is 2.34. The van der Waals surface area contributed by atoms with Gasteiger partial charge in [0.15, 0.2) is 12.7 Å². The van der Waals surface area contributed by atoms with Gasteiger partial charge < -0.3 is 14.8 Å². The lowest BCUT2D eigenvalue weighted by molar-refractivity contribution is -0.155. The molecule has 0 saturated heterocycles. The van der Waals surface area contributed by atoms with Gasteiger partial charge in [0.2, 0.25) is 0 Å². The summed E-state index contributed by atoms with van der Waals surface area (Å²) in [6.07, 6.45) is -5.92. The zero-order valence-electron chi connectivity index (χ0n) is 15.6. The number of esters is 1. The van der Waals surface area contributed by atoms with Crippen molar-refractivity contribution in [2.45, 2.75) is 33.1 Å². The Labute approximate surface area is 160 Å². The number of benzene rings is 2. The van der Waals surface area contributed by atoms with E-state index in [-0.39, 0.29) is 0 Å². The predicted octanol–water partition coefficient (Wildman–Crippen LogP) is 4.27. The van der Waals surface area contributed by atoms with Crippen LogP contribution in [0.2, 0.25) is 0 Å². The summed E-state index contributed by atoms with van der Waals surface area (Å²) >= 11 is 0. The Kier molecular flexibility index (Phi) is 6.66. The molecule has 0 spiro atoms. The Morgan fingerprint density at radius 3 is 2.29 bits per heavy atom. The summed E-state index contributed by atoms with van der Waals surface area (Å²) in [5, 5.41) is 2.13. The first-order chi connectivity index (χ1) is 13.1. The summed E-state index contributed by atoms with van der Waals surface area (Å²) in [7, 11) is 0. The number of para-hydroxylation sites is 1. The first-order valence-electron chi connectivity index (χ1n) is 8.44. The van der Waals surface area contributed by atoms with Crippen LogP contribution in [0.15, 0.2) is 42.5 Å². The first kappa shape index (κ1) is 21.3. The molecule has 0 bridgehead atoms. The van der Waals surface area contributed by atoms with Gasteiger partial charge in [0.1, 0.15) is 5.75 Å². The number of nitrogens with one attached hydrogen (secondary N) is 1. The van der Waals surface area contributed by atoms with Crippen molar-refractivity contribution < 1.29 is 32.2 Å². The van der Waals surface area contributed by atoms with Crippen LogP contribution >= 0.6 is 0 Å². The van der Waals surface area contributed by atoms with Crippen LogP contribution in [-0.4, -0.2) is 24.6 Å². The number of ether oxygens (including phenoxy) is 2. The molecule has 2 aromatic rings. The van der Waals surface area contributed by atoms with Gasteiger partial charge >= 0.3 is 12.1 Å². The molecule has 0 aliphatic rings. The third kappa shape index (κ3) is 6.00. The largest absolute Gasteiger partial charge is 0.482 e. The van der Waals surface area contributed by atoms with Gasteiger partial charge in [-0.15, -0.1) is 0 Å². The zero-order valence-corrected chi connectivity index (χ0v) is 15.6. The summed E-state index contributed by atoms with van der Waals surface area (Å²) in [5.41, 5.74) is 0.522. The molecule has 28 heavy (non-hydrogen) atoms. The van der Waals surface area contributed by atoms with Crippen molar-refractivity contribution in [1.82, 2.24) is 0 Å². The van der Waals surface area contributed by atoms with Crippen molar-refractivity contribution in [3.8, 4) is 5.75 Å². The van der Waals surface area contributed by atoms with Gasteiger partial charge in [0.05, 0.1) is 11.3 Å². The molecule has 1 N–H and O–H groups in total. The third-order valence-corrected chi connectivity index (χ3v) is 3.72. The molecule has 2 aromatic carbocycles. The summed E-state index contributed by atoms with van der Waals surface area (Å²) in [6.45, 7) is 4.59. The average Bonchev–Trinajstić information content (AvgIpc) is 2.58. The number of halogens is 3. The predicted molar refractivity (Wildman–Crippen MR) is 97.0 cm³/mol. The quantitative estimate of drug-likeness (QED) is 0.742. The van der Waals surface area contributed by atoms with E-state index in [1.165, 1.54) is 19.1 Å². The molecule has 150 valence electrons. The van der Waals surface area contributed by atoms with E-state index in [4.69, 9.17) is 9.47 Å². The molecule has 0 aromatic heterocycles. The van der Waals surface area contributed by atoms with Crippen LogP contribution in [0.3, 0.4) is 0 Å². The fraction of sp³-hybridized carbons (Fsp3) is 0.300. The zero-order chi connectivity index (χ0) is 20.9. The lowest BCUT2D eigenvalue weighted by Gasteiger charge is -2.17. The highest BCUT2D eigenvalue weighted by atomic mass is 19.4. The van der Waals surface area contributed by atoms with Gasteiger partial charge in [-0.1, -0.05) is 18.2 Å². The molecular weight excluding hydrogens is 375 g/mol. The van der Waals surface area contributed by atoms with E-state index < -0.39 is 42.0 Å². The lowest BCUT2D eigenvalue weighted by Crippen LogP contribution is -2.32. The maximum Gasteiger partial charge on any atom is 0.418 e. The number of carbonyl (C=O) groups excluding carboxylic acids is 2. The van der Waals surface area contributed by atoms with Crippen molar-refractivity contribution in [2.75, 3.05) is 11.9 Å². The maximum absolute atomic E-state index is 13.0. The maximum atomic E-state index is 13.0. The molecule has 8 heteroatoms. The smallest absolute Gasteiger partial charge is 0.418 e. The number of hydrogen-bond donors (Lipinski definition) is 1. The molecule has 0 saturated carbocycles. The molecular formula is C20H20F3NO4. The Morgan fingerprint density at radius 2 is 1.68 bits per heavy atom. The SMILES string of the molecule is Cc1cc(C)cc(OCC(=O)OC(C)C(=O)Nc2ccccc2C(F)(F)F)c1. The van der Waals surface area contributed by atoms with Crippen molar-refractivity contribution >= 4 is 17.6 Å². The van der Waals surface area contributed by atoms with Crippen LogP contribution in [0.4, 0.5) is 18.9 Å². The molecule has 1 unspecified atom stereocenters. The molecule has 1 atom stereocenters. The Morgan fingerprint density at radius 1 is 1.07 bits per heavy atom. The van der Waals surface area contributed by atoms with Gasteiger partial charge in [0, 0.05) is 0 Å². The van der Waals surface area contributed by atoms with E-state index in [1.807, 2.05) is 19.9 Å². The monoisotopic (exact) mass is 395 g/mol. The molecule has 0 fully saturated rings. The summed E-state index contributed by atoms with van der Waals surface area (Å²) in [5.74, 6) is -1.21. The Hall–Kier alpha value is -3.03. The molecule has 0 aliphatic carbocycles. The molecule has 2 rings (SSSR count). The Balaban J connectivity index is 1.93. The highest BCUT2D eigenvalue weighted by Crippen LogP contribution is 2.34. The van der Waals surface area contributed by atoms with Crippen molar-refractivity contribution in [3.05, 3.63) is 59.2 Å². The number of rotatable bonds is 6. The van der Waals surface area contributed by atoms with E-state index in [2.05, 4.69) is 5.32 Å². The summed E-state index contributed by atoms with van der Waals surface area (Å²) < 4.78 is 49.2. The van der Waals surface area contributed by atoms with Crippen LogP contribution in [-0.2, 0) is 20.5 Å². The number of alkyl halides is 3. The molecule has 0 heterocycles. The van der Waals surface area contributed by atoms with Crippen LogP contribution in [0.1, 0.15) is 23.6 Å². The van der Waals surface area contributed by atoms with Crippen molar-refractivity contribution in [3.63, 3.8) is 0 Å². The van der Waals surface area contributed by atoms with Crippen molar-refractivity contribution in [1.29, 1.82) is 0 Å². The standard InChI is InChI=1S/C20H20F3NO4/c1-12-8-13(2)10-15(9-12)27-11-18(25)28-14(3)19(26)24-17-7-5-4-6-16(17)20(21,22)23/h4-10,14H,11H2,1-3H3,(H,24,26). The number of anilines is 1. The second kappa shape index (κ2) is 8.77. The van der Waals surface area contributed by atoms with E-state index in [0.29, 0.717) is 5.75 Å². The highest BCUT2D eigenvalue weighted by molar-refractivity contribution is 5.95. The lowest BCUT2D eigenvalue weighted by atomic mass is 10.1. The fourth-order valence-corrected chi connectivity index (χ4v) is 2.52. The summed E-state index contributed by atoms with van der Waals surface area (Å²) in [6, 6.07) is 9.97. The van der Waals surface area contributed by atoms with Crippen LogP contribution in [0, 0.1) is 13.8 Å². The average molecular weight is 395 g/mol. The van der Waals surface area contributed by atoms with Gasteiger partial charge in [-0.3, -0.25) is 4.79 Å². The second-order valence-electron chi connectivity index (χ2n) is 6.28. The number of carbonyl (C=O) groups is 2. The number of amides is 1. The number of hydrogen-bond acceptors (Lipinski definition) is 4. The number of aryl methyl sites for hydroxylation is 2. The van der Waals surface area contributed by atoms with E-state index in [0.717, 1.165) is 23.3 Å². The molecule has 1 amide bonds. The van der Waals surface area contributed by atoms with E-state index in [1.54, 1.807) is 12.1 Å². The van der Waals surface area contributed by atoms with E-state index in [9.17, 15) is 22.8 Å². The Bertz CT molecular complexity index is 845. The van der Waals surface area contributed by atoms with E-state index >= 15 is 0 Å². The van der Waals surface area contributed by atoms with Gasteiger partial charge in [-0.2, -0.15) is 13.2 Å². The molecule has 0 aliphatic heterocycles. The normalized spacial score (nSPS) is 12.2. The summed E-state index contributed by atoms with van der Waals surface area (Å²) in [4.78, 5) is 24.0.